The molecule has 1 amide bonds. The van der Waals surface area contributed by atoms with Crippen LogP contribution in [0.2, 0.25) is 0 Å². The number of benzene rings is 1. The number of piperidine rings is 2. The summed E-state index contributed by atoms with van der Waals surface area (Å²) in [7, 11) is -3.75. The molecule has 3 N–H and O–H groups in total. The molecule has 0 bridgehead atoms. The molecule has 1 spiro atoms. The minimum atomic E-state index is -3.75. The number of aromatic nitrogens is 2. The van der Waals surface area contributed by atoms with Gasteiger partial charge in [0.1, 0.15) is 5.82 Å². The van der Waals surface area contributed by atoms with Crippen LogP contribution in [0.1, 0.15) is 61.0 Å². The molecule has 1 saturated carbocycles. The first kappa shape index (κ1) is 28.5. The maximum atomic E-state index is 13.7. The van der Waals surface area contributed by atoms with Gasteiger partial charge in [-0.1, -0.05) is 6.42 Å². The van der Waals surface area contributed by atoms with E-state index in [4.69, 9.17) is 5.11 Å². The van der Waals surface area contributed by atoms with E-state index < -0.39 is 34.2 Å². The SMILES string of the molecule is Cc1cc(N2CCC(F)(F)CC2)nc(NC(=O)c2ccc(NS(=O)(=O)CCO)cc2N2CCC3(CCC3)CC2)n1. The number of carbonyl (C=O) groups is 1. The molecule has 2 aromatic rings. The fourth-order valence-corrected chi connectivity index (χ4v) is 6.63. The van der Waals surface area contributed by atoms with E-state index in [1.165, 1.54) is 25.3 Å². The lowest BCUT2D eigenvalue weighted by molar-refractivity contribution is -0.0221. The molecule has 3 aliphatic rings. The van der Waals surface area contributed by atoms with E-state index in [0.29, 0.717) is 33.9 Å². The van der Waals surface area contributed by atoms with Gasteiger partial charge in [0.2, 0.25) is 16.0 Å². The molecule has 1 aliphatic carbocycles. The van der Waals surface area contributed by atoms with Crippen LogP contribution in [0.5, 0.6) is 0 Å². The van der Waals surface area contributed by atoms with E-state index in [0.717, 1.165) is 25.9 Å². The van der Waals surface area contributed by atoms with E-state index in [-0.39, 0.29) is 31.9 Å². The third-order valence-corrected chi connectivity index (χ3v) is 9.61. The smallest absolute Gasteiger partial charge is 0.260 e. The molecule has 218 valence electrons. The molecule has 0 radical (unpaired) electrons. The van der Waals surface area contributed by atoms with Crippen molar-refractivity contribution in [1.82, 2.24) is 9.97 Å². The van der Waals surface area contributed by atoms with Gasteiger partial charge in [-0.3, -0.25) is 14.8 Å². The Balaban J connectivity index is 1.39. The van der Waals surface area contributed by atoms with Crippen LogP contribution in [0.15, 0.2) is 24.3 Å². The minimum absolute atomic E-state index is 0.0723. The lowest BCUT2D eigenvalue weighted by Crippen LogP contribution is -2.44. The van der Waals surface area contributed by atoms with Gasteiger partial charge >= 0.3 is 0 Å². The molecule has 13 heteroatoms. The van der Waals surface area contributed by atoms with Gasteiger partial charge in [-0.15, -0.1) is 0 Å². The summed E-state index contributed by atoms with van der Waals surface area (Å²) in [5, 5.41) is 11.9. The second-order valence-corrected chi connectivity index (χ2v) is 13.0. The first-order valence-electron chi connectivity index (χ1n) is 13.8. The quantitative estimate of drug-likeness (QED) is 0.432. The van der Waals surface area contributed by atoms with E-state index in [1.807, 2.05) is 0 Å². The summed E-state index contributed by atoms with van der Waals surface area (Å²) in [4.78, 5) is 26.2. The largest absolute Gasteiger partial charge is 0.395 e. The highest BCUT2D eigenvalue weighted by Crippen LogP contribution is 2.49. The zero-order chi connectivity index (χ0) is 28.5. The summed E-state index contributed by atoms with van der Waals surface area (Å²) in [5.41, 5.74) is 2.22. The molecular weight excluding hydrogens is 542 g/mol. The van der Waals surface area contributed by atoms with Crippen LogP contribution in [0.25, 0.3) is 0 Å². The summed E-state index contributed by atoms with van der Waals surface area (Å²) in [6.07, 6.45) is 5.18. The summed E-state index contributed by atoms with van der Waals surface area (Å²) < 4.78 is 54.4. The second-order valence-electron chi connectivity index (χ2n) is 11.2. The van der Waals surface area contributed by atoms with Crippen molar-refractivity contribution in [2.45, 2.75) is 57.8 Å². The monoisotopic (exact) mass is 578 g/mol. The van der Waals surface area contributed by atoms with Crippen molar-refractivity contribution in [3.8, 4) is 0 Å². The molecule has 3 fully saturated rings. The van der Waals surface area contributed by atoms with Crippen LogP contribution in [0, 0.1) is 12.3 Å². The van der Waals surface area contributed by atoms with Gasteiger partial charge < -0.3 is 14.9 Å². The number of aryl methyl sites for hydroxylation is 1. The lowest BCUT2D eigenvalue weighted by Gasteiger charge is -2.48. The molecule has 2 aliphatic heterocycles. The number of aliphatic hydroxyl groups is 1. The van der Waals surface area contributed by atoms with Crippen LogP contribution in [0.4, 0.5) is 31.9 Å². The number of halogens is 2. The van der Waals surface area contributed by atoms with E-state index in [2.05, 4.69) is 24.9 Å². The third kappa shape index (κ3) is 6.46. The molecule has 0 atom stereocenters. The summed E-state index contributed by atoms with van der Waals surface area (Å²) in [6.45, 7) is 3.06. The molecule has 40 heavy (non-hydrogen) atoms. The molecule has 1 aromatic heterocycles. The lowest BCUT2D eigenvalue weighted by atomic mass is 9.63. The molecule has 5 rings (SSSR count). The Hall–Kier alpha value is -3.06. The van der Waals surface area contributed by atoms with Gasteiger partial charge in [-0.25, -0.2) is 22.2 Å². The van der Waals surface area contributed by atoms with Gasteiger partial charge in [-0.2, -0.15) is 4.98 Å². The number of nitrogens with one attached hydrogen (secondary N) is 2. The second kappa shape index (κ2) is 11.1. The number of nitrogens with zero attached hydrogens (tertiary/aromatic N) is 4. The van der Waals surface area contributed by atoms with Gasteiger partial charge in [0, 0.05) is 50.8 Å². The van der Waals surface area contributed by atoms with Crippen LogP contribution in [-0.2, 0) is 10.0 Å². The molecule has 2 saturated heterocycles. The van der Waals surface area contributed by atoms with Crippen molar-refractivity contribution in [1.29, 1.82) is 0 Å². The Bertz CT molecular complexity index is 1350. The van der Waals surface area contributed by atoms with Crippen LogP contribution in [-0.4, -0.2) is 73.9 Å². The van der Waals surface area contributed by atoms with Crippen molar-refractivity contribution < 1.29 is 27.1 Å². The zero-order valence-corrected chi connectivity index (χ0v) is 23.4. The number of aliphatic hydroxyl groups excluding tert-OH is 1. The summed E-state index contributed by atoms with van der Waals surface area (Å²) in [6, 6.07) is 6.45. The summed E-state index contributed by atoms with van der Waals surface area (Å²) in [5.74, 6) is -3.02. The van der Waals surface area contributed by atoms with E-state index in [1.54, 1.807) is 30.0 Å². The fourth-order valence-electron chi connectivity index (χ4n) is 5.80. The predicted octanol–water partition coefficient (Wildman–Crippen LogP) is 3.78. The van der Waals surface area contributed by atoms with Crippen molar-refractivity contribution in [2.75, 3.05) is 58.4 Å². The van der Waals surface area contributed by atoms with Crippen molar-refractivity contribution in [3.63, 3.8) is 0 Å². The number of rotatable bonds is 8. The van der Waals surface area contributed by atoms with Crippen molar-refractivity contribution in [2.24, 2.45) is 5.41 Å². The van der Waals surface area contributed by atoms with Crippen molar-refractivity contribution in [3.05, 3.63) is 35.5 Å². The Morgan fingerprint density at radius 2 is 1.68 bits per heavy atom. The van der Waals surface area contributed by atoms with Crippen LogP contribution < -0.4 is 19.8 Å². The highest BCUT2D eigenvalue weighted by Gasteiger charge is 2.40. The van der Waals surface area contributed by atoms with Gasteiger partial charge in [0.05, 0.1) is 29.3 Å². The first-order chi connectivity index (χ1) is 19.0. The third-order valence-electron chi connectivity index (χ3n) is 8.34. The molecule has 3 heterocycles. The standard InChI is InChI=1S/C27H36F2N6O4S/c1-19-17-23(35-13-9-27(28,29)10-14-35)31-25(30-19)32-24(37)21-4-3-20(33-40(38,39)16-15-36)18-22(21)34-11-7-26(8-12-34)5-2-6-26/h3-4,17-18,33,36H,2,5-16H2,1H3,(H,30,31,32,37). The van der Waals surface area contributed by atoms with E-state index >= 15 is 0 Å². The Morgan fingerprint density at radius 1 is 1.00 bits per heavy atom. The average molecular weight is 579 g/mol. The van der Waals surface area contributed by atoms with Gasteiger partial charge in [0.15, 0.2) is 0 Å². The topological polar surface area (TPSA) is 128 Å². The Kier molecular flexibility index (Phi) is 7.88. The Labute approximate surface area is 233 Å². The number of hydrogen-bond donors (Lipinski definition) is 3. The molecular formula is C27H36F2N6O4S. The predicted molar refractivity (Wildman–Crippen MR) is 150 cm³/mol. The number of hydrogen-bond acceptors (Lipinski definition) is 8. The number of carbonyl (C=O) groups excluding carboxylic acids is 1. The maximum absolute atomic E-state index is 13.7. The maximum Gasteiger partial charge on any atom is 0.260 e. The Morgan fingerprint density at radius 3 is 2.30 bits per heavy atom. The number of sulfonamides is 1. The zero-order valence-electron chi connectivity index (χ0n) is 22.6. The summed E-state index contributed by atoms with van der Waals surface area (Å²) >= 11 is 0. The fraction of sp³-hybridized carbons (Fsp3) is 0.593. The van der Waals surface area contributed by atoms with Gasteiger partial charge in [0.25, 0.3) is 11.8 Å². The van der Waals surface area contributed by atoms with E-state index in [9.17, 15) is 22.0 Å². The first-order valence-corrected chi connectivity index (χ1v) is 15.4. The average Bonchev–Trinajstić information content (AvgIpc) is 2.87. The molecule has 10 nitrogen and oxygen atoms in total. The number of amides is 1. The van der Waals surface area contributed by atoms with Gasteiger partial charge in [-0.05, 0) is 56.2 Å². The highest BCUT2D eigenvalue weighted by atomic mass is 32.2. The van der Waals surface area contributed by atoms with Crippen LogP contribution >= 0.6 is 0 Å². The number of alkyl halides is 2. The van der Waals surface area contributed by atoms with Crippen LogP contribution in [0.3, 0.4) is 0 Å². The number of anilines is 4. The minimum Gasteiger partial charge on any atom is -0.395 e. The normalized spacial score (nSPS) is 20.2. The molecule has 1 aromatic carbocycles. The highest BCUT2D eigenvalue weighted by molar-refractivity contribution is 7.92. The van der Waals surface area contributed by atoms with Crippen molar-refractivity contribution >= 4 is 39.1 Å². The molecule has 0 unspecified atom stereocenters.